The molecule has 2 fully saturated rings. The van der Waals surface area contributed by atoms with Crippen molar-refractivity contribution in [2.75, 3.05) is 50.5 Å². The summed E-state index contributed by atoms with van der Waals surface area (Å²) in [5, 5.41) is -0.990. The average Bonchev–Trinajstić information content (AvgIpc) is 3.07. The molecule has 0 radical (unpaired) electrons. The Morgan fingerprint density at radius 3 is 2.48 bits per heavy atom. The van der Waals surface area contributed by atoms with Gasteiger partial charge in [-0.25, -0.2) is 17.6 Å². The van der Waals surface area contributed by atoms with Crippen LogP contribution in [0.3, 0.4) is 0 Å². The number of anilines is 1. The van der Waals surface area contributed by atoms with Gasteiger partial charge in [0.2, 0.25) is 5.91 Å². The Kier molecular flexibility index (Phi) is 6.55. The van der Waals surface area contributed by atoms with E-state index in [1.165, 1.54) is 28.0 Å². The van der Waals surface area contributed by atoms with Gasteiger partial charge in [0, 0.05) is 37.4 Å². The lowest BCUT2D eigenvalue weighted by atomic mass is 10.1. The van der Waals surface area contributed by atoms with Crippen LogP contribution < -0.4 is 9.64 Å². The number of amides is 3. The van der Waals surface area contributed by atoms with Crippen molar-refractivity contribution in [1.82, 2.24) is 9.80 Å². The first-order valence-corrected chi connectivity index (χ1v) is 12.5. The monoisotopic (exact) mass is 475 g/mol. The average molecular weight is 476 g/mol. The third-order valence-electron chi connectivity index (χ3n) is 6.15. The highest BCUT2D eigenvalue weighted by molar-refractivity contribution is 7.91. The van der Waals surface area contributed by atoms with Gasteiger partial charge >= 0.3 is 6.03 Å². The number of sulfone groups is 1. The molecule has 0 aromatic heterocycles. The van der Waals surface area contributed by atoms with E-state index in [-0.39, 0.29) is 49.3 Å². The topological polar surface area (TPSA) is 87.2 Å². The molecular weight excluding hydrogens is 449 g/mol. The van der Waals surface area contributed by atoms with Crippen molar-refractivity contribution in [2.45, 2.75) is 11.7 Å². The van der Waals surface area contributed by atoms with Crippen molar-refractivity contribution in [1.29, 1.82) is 0 Å². The molecule has 2 aliphatic rings. The number of halogens is 1. The third kappa shape index (κ3) is 4.80. The number of carbonyl (C=O) groups is 2. The van der Waals surface area contributed by atoms with Crippen LogP contribution in [0.25, 0.3) is 0 Å². The van der Waals surface area contributed by atoms with Gasteiger partial charge in [-0.2, -0.15) is 0 Å². The molecular formula is C23H26FN3O5S. The van der Waals surface area contributed by atoms with Gasteiger partial charge < -0.3 is 14.5 Å². The zero-order valence-electron chi connectivity index (χ0n) is 18.3. The van der Waals surface area contributed by atoms with Crippen LogP contribution in [0.1, 0.15) is 17.2 Å². The number of carbonyl (C=O) groups excluding carboxylic acids is 2. The predicted octanol–water partition coefficient (Wildman–Crippen LogP) is 2.46. The zero-order chi connectivity index (χ0) is 23.6. The number of urea groups is 1. The van der Waals surface area contributed by atoms with E-state index in [4.69, 9.17) is 4.74 Å². The van der Waals surface area contributed by atoms with Gasteiger partial charge in [-0.05, 0) is 36.8 Å². The fourth-order valence-corrected chi connectivity index (χ4v) is 6.08. The van der Waals surface area contributed by atoms with Gasteiger partial charge in [0.05, 0.1) is 18.1 Å². The summed E-state index contributed by atoms with van der Waals surface area (Å²) in [6, 6.07) is 12.7. The first-order valence-electron chi connectivity index (χ1n) is 10.7. The van der Waals surface area contributed by atoms with Crippen LogP contribution in [0.5, 0.6) is 5.75 Å². The van der Waals surface area contributed by atoms with Gasteiger partial charge in [-0.1, -0.05) is 18.2 Å². The Bertz CT molecular complexity index is 1140. The lowest BCUT2D eigenvalue weighted by molar-refractivity contribution is -0.131. The largest absolute Gasteiger partial charge is 0.497 e. The summed E-state index contributed by atoms with van der Waals surface area (Å²) >= 11 is 0. The minimum atomic E-state index is -3.62. The highest BCUT2D eigenvalue weighted by atomic mass is 32.2. The molecule has 4 rings (SSSR count). The number of ether oxygens (including phenoxy) is 1. The number of hydrogen-bond donors (Lipinski definition) is 0. The Labute approximate surface area is 192 Å². The van der Waals surface area contributed by atoms with E-state index < -0.39 is 20.9 Å². The first kappa shape index (κ1) is 23.0. The van der Waals surface area contributed by atoms with Crippen molar-refractivity contribution >= 4 is 27.5 Å². The molecule has 0 spiro atoms. The van der Waals surface area contributed by atoms with Gasteiger partial charge in [0.15, 0.2) is 9.84 Å². The smallest absolute Gasteiger partial charge is 0.325 e. The van der Waals surface area contributed by atoms with Crippen LogP contribution in [0.2, 0.25) is 0 Å². The second kappa shape index (κ2) is 9.38. The minimum Gasteiger partial charge on any atom is -0.497 e. The number of hydrogen-bond acceptors (Lipinski definition) is 5. The number of benzene rings is 2. The molecule has 3 amide bonds. The number of rotatable bonds is 5. The molecule has 33 heavy (non-hydrogen) atoms. The van der Waals surface area contributed by atoms with E-state index >= 15 is 0 Å². The van der Waals surface area contributed by atoms with Crippen molar-refractivity contribution in [2.24, 2.45) is 0 Å². The molecule has 2 heterocycles. The van der Waals surface area contributed by atoms with Gasteiger partial charge in [0.25, 0.3) is 0 Å². The molecule has 1 atom stereocenters. The molecule has 1 unspecified atom stereocenters. The standard InChI is InChI=1S/C23H26FN3O5S/c1-32-18-8-6-17(7-9-18)27-13-12-26(23(27)29)16-22(28)25-11-10-21(33(30,31)15-14-25)19-4-2-3-5-20(19)24/h2-9,21H,10-16H2,1H3. The maximum absolute atomic E-state index is 14.2. The van der Waals surface area contributed by atoms with Gasteiger partial charge in [-0.3, -0.25) is 9.69 Å². The Hall–Kier alpha value is -3.14. The molecule has 0 saturated carbocycles. The summed E-state index contributed by atoms with van der Waals surface area (Å²) in [7, 11) is -2.06. The normalized spacial score (nSPS) is 20.6. The quantitative estimate of drug-likeness (QED) is 0.663. The third-order valence-corrected chi connectivity index (χ3v) is 8.26. The van der Waals surface area contributed by atoms with Gasteiger partial charge in [0.1, 0.15) is 18.1 Å². The Balaban J connectivity index is 1.41. The molecule has 0 aliphatic carbocycles. The van der Waals surface area contributed by atoms with Gasteiger partial charge in [-0.15, -0.1) is 0 Å². The highest BCUT2D eigenvalue weighted by Gasteiger charge is 2.36. The van der Waals surface area contributed by atoms with E-state index in [1.807, 2.05) is 0 Å². The van der Waals surface area contributed by atoms with Crippen LogP contribution in [0.4, 0.5) is 14.9 Å². The maximum Gasteiger partial charge on any atom is 0.325 e. The van der Waals surface area contributed by atoms with Crippen LogP contribution in [-0.2, 0) is 14.6 Å². The molecule has 2 aromatic rings. The number of methoxy groups -OCH3 is 1. The molecule has 2 saturated heterocycles. The Morgan fingerprint density at radius 2 is 1.79 bits per heavy atom. The second-order valence-electron chi connectivity index (χ2n) is 8.10. The fourth-order valence-electron chi connectivity index (χ4n) is 4.27. The summed E-state index contributed by atoms with van der Waals surface area (Å²) in [5.74, 6) is -0.442. The lowest BCUT2D eigenvalue weighted by Crippen LogP contribution is -2.43. The van der Waals surface area contributed by atoms with E-state index in [9.17, 15) is 22.4 Å². The molecule has 2 aromatic carbocycles. The van der Waals surface area contributed by atoms with Crippen molar-refractivity contribution in [3.05, 3.63) is 59.9 Å². The maximum atomic E-state index is 14.2. The predicted molar refractivity (Wildman–Crippen MR) is 121 cm³/mol. The van der Waals surface area contributed by atoms with Crippen molar-refractivity contribution in [3.63, 3.8) is 0 Å². The van der Waals surface area contributed by atoms with E-state index in [2.05, 4.69) is 0 Å². The summed E-state index contributed by atoms with van der Waals surface area (Å²) in [6.45, 7) is 0.913. The molecule has 2 aliphatic heterocycles. The summed E-state index contributed by atoms with van der Waals surface area (Å²) in [5.41, 5.74) is 0.848. The van der Waals surface area contributed by atoms with Crippen LogP contribution in [0.15, 0.2) is 48.5 Å². The molecule has 176 valence electrons. The second-order valence-corrected chi connectivity index (χ2v) is 10.4. The van der Waals surface area contributed by atoms with E-state index in [0.717, 1.165) is 0 Å². The minimum absolute atomic E-state index is 0.0242. The summed E-state index contributed by atoms with van der Waals surface area (Å²) < 4.78 is 44.9. The zero-order valence-corrected chi connectivity index (χ0v) is 19.1. The highest BCUT2D eigenvalue weighted by Crippen LogP contribution is 2.31. The first-order chi connectivity index (χ1) is 15.8. The molecule has 0 bridgehead atoms. The SMILES string of the molecule is COc1ccc(N2CCN(CC(=O)N3CCC(c4ccccc4F)S(=O)(=O)CC3)C2=O)cc1. The van der Waals surface area contributed by atoms with Crippen LogP contribution >= 0.6 is 0 Å². The summed E-state index contributed by atoms with van der Waals surface area (Å²) in [6.07, 6.45) is 0.112. The molecule has 0 N–H and O–H groups in total. The van der Waals surface area contributed by atoms with Crippen molar-refractivity contribution < 1.29 is 27.1 Å². The summed E-state index contributed by atoms with van der Waals surface area (Å²) in [4.78, 5) is 30.3. The molecule has 10 heteroatoms. The van der Waals surface area contributed by atoms with Crippen LogP contribution in [-0.4, -0.2) is 75.7 Å². The Morgan fingerprint density at radius 1 is 1.06 bits per heavy atom. The van der Waals surface area contributed by atoms with Crippen LogP contribution in [0, 0.1) is 5.82 Å². The number of nitrogens with zero attached hydrogens (tertiary/aromatic N) is 3. The van der Waals surface area contributed by atoms with E-state index in [0.29, 0.717) is 24.5 Å². The van der Waals surface area contributed by atoms with Crippen molar-refractivity contribution in [3.8, 4) is 5.75 Å². The fraction of sp³-hybridized carbons (Fsp3) is 0.391. The lowest BCUT2D eigenvalue weighted by Gasteiger charge is -2.24. The van der Waals surface area contributed by atoms with E-state index in [1.54, 1.807) is 42.3 Å². The molecule has 8 nitrogen and oxygen atoms in total.